The molecular formula is C20H34O5. The summed E-state index contributed by atoms with van der Waals surface area (Å²) >= 11 is 0. The van der Waals surface area contributed by atoms with Crippen molar-refractivity contribution in [3.8, 4) is 0 Å². The number of carbonyl (C=O) groups excluding carboxylic acids is 1. The van der Waals surface area contributed by atoms with Gasteiger partial charge in [0.1, 0.15) is 5.78 Å². The Balaban J connectivity index is 2.38. The highest BCUT2D eigenvalue weighted by Crippen LogP contribution is 2.34. The number of hydrogen-bond acceptors (Lipinski definition) is 4. The quantitative estimate of drug-likeness (QED) is 0.389. The molecule has 0 aromatic carbocycles. The molecule has 3 unspecified atom stereocenters. The van der Waals surface area contributed by atoms with Crippen molar-refractivity contribution in [2.75, 3.05) is 13.2 Å². The molecule has 1 aliphatic carbocycles. The van der Waals surface area contributed by atoms with Gasteiger partial charge in [-0.1, -0.05) is 31.4 Å². The van der Waals surface area contributed by atoms with E-state index in [2.05, 4.69) is 0 Å². The van der Waals surface area contributed by atoms with Crippen molar-refractivity contribution in [1.29, 1.82) is 0 Å². The molecule has 0 saturated heterocycles. The van der Waals surface area contributed by atoms with Gasteiger partial charge in [-0.3, -0.25) is 9.59 Å². The van der Waals surface area contributed by atoms with Crippen LogP contribution < -0.4 is 0 Å². The maximum atomic E-state index is 12.1. The van der Waals surface area contributed by atoms with Crippen molar-refractivity contribution in [3.63, 3.8) is 0 Å². The van der Waals surface area contributed by atoms with Crippen LogP contribution in [-0.4, -0.2) is 40.8 Å². The van der Waals surface area contributed by atoms with Gasteiger partial charge in [-0.05, 0) is 39.0 Å². The third-order valence-electron chi connectivity index (χ3n) is 4.97. The topological polar surface area (TPSA) is 83.8 Å². The summed E-state index contributed by atoms with van der Waals surface area (Å²) in [5.41, 5.74) is -0.901. The second-order valence-corrected chi connectivity index (χ2v) is 7.29. The minimum Gasteiger partial charge on any atom is -0.481 e. The number of ether oxygens (including phenoxy) is 1. The fraction of sp³-hybridized carbons (Fsp3) is 0.800. The molecular weight excluding hydrogens is 320 g/mol. The van der Waals surface area contributed by atoms with Crippen LogP contribution in [0.3, 0.4) is 0 Å². The summed E-state index contributed by atoms with van der Waals surface area (Å²) in [6.07, 6.45) is 10.5. The summed E-state index contributed by atoms with van der Waals surface area (Å²) < 4.78 is 5.29. The molecule has 3 atom stereocenters. The van der Waals surface area contributed by atoms with E-state index in [9.17, 15) is 14.7 Å². The zero-order chi connectivity index (χ0) is 18.7. The van der Waals surface area contributed by atoms with Gasteiger partial charge in [-0.15, -0.1) is 0 Å². The van der Waals surface area contributed by atoms with E-state index in [0.29, 0.717) is 38.3 Å². The first-order valence-electron chi connectivity index (χ1n) is 9.59. The van der Waals surface area contributed by atoms with Crippen molar-refractivity contribution in [2.45, 2.75) is 77.2 Å². The first-order valence-corrected chi connectivity index (χ1v) is 9.59. The van der Waals surface area contributed by atoms with E-state index in [0.717, 1.165) is 32.1 Å². The van der Waals surface area contributed by atoms with Crippen LogP contribution in [0.5, 0.6) is 0 Å². The Morgan fingerprint density at radius 1 is 1.32 bits per heavy atom. The van der Waals surface area contributed by atoms with Gasteiger partial charge >= 0.3 is 5.97 Å². The van der Waals surface area contributed by atoms with Crippen LogP contribution in [0.15, 0.2) is 12.2 Å². The van der Waals surface area contributed by atoms with Gasteiger partial charge in [0, 0.05) is 38.4 Å². The maximum absolute atomic E-state index is 12.1. The lowest BCUT2D eigenvalue weighted by Gasteiger charge is -2.21. The Kier molecular flexibility index (Phi) is 9.98. The number of carbonyl (C=O) groups is 2. The molecule has 0 aromatic rings. The Labute approximate surface area is 151 Å². The minimum atomic E-state index is -0.901. The van der Waals surface area contributed by atoms with Crippen molar-refractivity contribution >= 4 is 11.8 Å². The van der Waals surface area contributed by atoms with Crippen LogP contribution in [0.4, 0.5) is 0 Å². The van der Waals surface area contributed by atoms with Crippen LogP contribution in [-0.2, 0) is 14.3 Å². The van der Waals surface area contributed by atoms with Crippen LogP contribution in [0, 0.1) is 11.8 Å². The summed E-state index contributed by atoms with van der Waals surface area (Å²) in [4.78, 5) is 22.6. The molecule has 1 fully saturated rings. The summed E-state index contributed by atoms with van der Waals surface area (Å²) in [6, 6.07) is 0. The fourth-order valence-corrected chi connectivity index (χ4v) is 3.37. The molecule has 0 bridgehead atoms. The first kappa shape index (κ1) is 21.8. The number of ketones is 1. The number of Topliss-reactive ketones (excluding diaryl/α,β-unsaturated/α-hetero) is 1. The molecule has 0 amide bonds. The number of unbranched alkanes of at least 4 members (excludes halogenated alkanes) is 3. The SMILES string of the molecule is CCOCCC(C)(O)C=CC1CCC(=O)C1CCCCCCC(=O)O. The van der Waals surface area contributed by atoms with Crippen LogP contribution in [0.1, 0.15) is 71.6 Å². The number of aliphatic hydroxyl groups is 1. The smallest absolute Gasteiger partial charge is 0.303 e. The highest BCUT2D eigenvalue weighted by molar-refractivity contribution is 5.83. The van der Waals surface area contributed by atoms with Crippen molar-refractivity contribution < 1.29 is 24.5 Å². The third-order valence-corrected chi connectivity index (χ3v) is 4.97. The Hall–Kier alpha value is -1.20. The van der Waals surface area contributed by atoms with Crippen molar-refractivity contribution in [1.82, 2.24) is 0 Å². The van der Waals surface area contributed by atoms with Crippen molar-refractivity contribution in [3.05, 3.63) is 12.2 Å². The van der Waals surface area contributed by atoms with Gasteiger partial charge in [0.15, 0.2) is 0 Å². The molecule has 25 heavy (non-hydrogen) atoms. The predicted octanol–water partition coefficient (Wildman–Crippen LogP) is 3.74. The van der Waals surface area contributed by atoms with Gasteiger partial charge in [-0.25, -0.2) is 0 Å². The first-order chi connectivity index (χ1) is 11.9. The van der Waals surface area contributed by atoms with E-state index >= 15 is 0 Å². The minimum absolute atomic E-state index is 0.0541. The summed E-state index contributed by atoms with van der Waals surface area (Å²) in [5, 5.41) is 19.0. The molecule has 0 radical (unpaired) electrons. The number of hydrogen-bond donors (Lipinski definition) is 2. The normalized spacial score (nSPS) is 23.2. The third kappa shape index (κ3) is 9.17. The molecule has 1 rings (SSSR count). The van der Waals surface area contributed by atoms with E-state index in [1.165, 1.54) is 0 Å². The monoisotopic (exact) mass is 354 g/mol. The lowest BCUT2D eigenvalue weighted by atomic mass is 9.88. The molecule has 0 heterocycles. The highest BCUT2D eigenvalue weighted by Gasteiger charge is 2.32. The Morgan fingerprint density at radius 2 is 2.04 bits per heavy atom. The molecule has 2 N–H and O–H groups in total. The lowest BCUT2D eigenvalue weighted by molar-refractivity contribution is -0.137. The van der Waals surface area contributed by atoms with E-state index < -0.39 is 11.6 Å². The number of allylic oxidation sites excluding steroid dienone is 1. The predicted molar refractivity (Wildman–Crippen MR) is 97.4 cm³/mol. The molecule has 0 aromatic heterocycles. The van der Waals surface area contributed by atoms with Gasteiger partial charge in [0.2, 0.25) is 0 Å². The summed E-state index contributed by atoms with van der Waals surface area (Å²) in [6.45, 7) is 4.88. The van der Waals surface area contributed by atoms with Crippen LogP contribution in [0.2, 0.25) is 0 Å². The Morgan fingerprint density at radius 3 is 2.72 bits per heavy atom. The van der Waals surface area contributed by atoms with Crippen LogP contribution >= 0.6 is 0 Å². The number of carboxylic acids is 1. The van der Waals surface area contributed by atoms with Gasteiger partial charge in [0.25, 0.3) is 0 Å². The average Bonchev–Trinajstić information content (AvgIpc) is 2.89. The molecule has 1 saturated carbocycles. The fourth-order valence-electron chi connectivity index (χ4n) is 3.37. The molecule has 0 aliphatic heterocycles. The second kappa shape index (κ2) is 11.4. The molecule has 1 aliphatic rings. The maximum Gasteiger partial charge on any atom is 0.303 e. The number of carboxylic acid groups (broad SMARTS) is 1. The number of rotatable bonds is 13. The second-order valence-electron chi connectivity index (χ2n) is 7.29. The Bertz CT molecular complexity index is 441. The van der Waals surface area contributed by atoms with Gasteiger partial charge in [-0.2, -0.15) is 0 Å². The van der Waals surface area contributed by atoms with E-state index in [1.54, 1.807) is 6.92 Å². The lowest BCUT2D eigenvalue weighted by Crippen LogP contribution is -2.24. The van der Waals surface area contributed by atoms with E-state index in [4.69, 9.17) is 9.84 Å². The largest absolute Gasteiger partial charge is 0.481 e. The van der Waals surface area contributed by atoms with E-state index in [1.807, 2.05) is 19.1 Å². The molecule has 144 valence electrons. The van der Waals surface area contributed by atoms with Gasteiger partial charge in [0.05, 0.1) is 5.60 Å². The highest BCUT2D eigenvalue weighted by atomic mass is 16.5. The van der Waals surface area contributed by atoms with E-state index in [-0.39, 0.29) is 18.3 Å². The molecule has 5 heteroatoms. The molecule has 5 nitrogen and oxygen atoms in total. The average molecular weight is 354 g/mol. The van der Waals surface area contributed by atoms with Crippen molar-refractivity contribution in [2.24, 2.45) is 11.8 Å². The number of aliphatic carboxylic acids is 1. The summed E-state index contributed by atoms with van der Waals surface area (Å²) in [5.74, 6) is -0.148. The molecule has 0 spiro atoms. The zero-order valence-electron chi connectivity index (χ0n) is 15.7. The summed E-state index contributed by atoms with van der Waals surface area (Å²) in [7, 11) is 0. The standard InChI is InChI=1S/C20H34O5/c1-3-25-15-14-20(2,24)13-12-16-10-11-18(21)17(16)8-6-4-5-7-9-19(22)23/h12-13,16-17,24H,3-11,14-15H2,1-2H3,(H,22,23). The van der Waals surface area contributed by atoms with Gasteiger partial charge < -0.3 is 14.9 Å². The van der Waals surface area contributed by atoms with Crippen LogP contribution in [0.25, 0.3) is 0 Å². The zero-order valence-corrected chi connectivity index (χ0v) is 15.7.